The highest BCUT2D eigenvalue weighted by Crippen LogP contribution is 2.28. The Balaban J connectivity index is 0.00000324. The summed E-state index contributed by atoms with van der Waals surface area (Å²) in [5, 5.41) is 2.69. The summed E-state index contributed by atoms with van der Waals surface area (Å²) in [7, 11) is 4.50. The molecule has 0 fully saturated rings. The topological polar surface area (TPSA) is 82.8 Å². The highest BCUT2D eigenvalue weighted by molar-refractivity contribution is 5.95. The summed E-state index contributed by atoms with van der Waals surface area (Å²) in [6.45, 7) is 0.106. The van der Waals surface area contributed by atoms with Crippen molar-refractivity contribution >= 4 is 24.0 Å². The van der Waals surface area contributed by atoms with Crippen molar-refractivity contribution < 1.29 is 19.0 Å². The minimum Gasteiger partial charge on any atom is -0.497 e. The number of nitrogens with one attached hydrogen (secondary N) is 1. The monoisotopic (exact) mass is 290 g/mol. The van der Waals surface area contributed by atoms with Crippen molar-refractivity contribution in [2.24, 2.45) is 5.73 Å². The number of hydrogen-bond donors (Lipinski definition) is 2. The molecule has 0 saturated heterocycles. The largest absolute Gasteiger partial charge is 0.497 e. The standard InChI is InChI=1S/C12H18N2O4.ClH/c1-16-8-4-5-10(17-2)9(6-8)14-12(15)11(7-13)18-3;/h4-6,11H,7,13H2,1-3H3,(H,14,15);1H. The average Bonchev–Trinajstić information content (AvgIpc) is 2.40. The van der Waals surface area contributed by atoms with Crippen LogP contribution >= 0.6 is 12.4 Å². The molecule has 0 aliphatic rings. The SMILES string of the molecule is COc1ccc(OC)c(NC(=O)C(CN)OC)c1.Cl. The van der Waals surface area contributed by atoms with Gasteiger partial charge < -0.3 is 25.3 Å². The highest BCUT2D eigenvalue weighted by atomic mass is 35.5. The van der Waals surface area contributed by atoms with Crippen LogP contribution in [0.3, 0.4) is 0 Å². The summed E-state index contributed by atoms with van der Waals surface area (Å²) in [6, 6.07) is 5.11. The molecule has 7 heteroatoms. The maximum Gasteiger partial charge on any atom is 0.254 e. The van der Waals surface area contributed by atoms with Crippen molar-refractivity contribution in [1.82, 2.24) is 0 Å². The van der Waals surface area contributed by atoms with Gasteiger partial charge in [0, 0.05) is 19.7 Å². The van der Waals surface area contributed by atoms with E-state index in [0.717, 1.165) is 0 Å². The first kappa shape index (κ1) is 17.5. The molecule has 0 bridgehead atoms. The Kier molecular flexibility index (Phi) is 7.90. The molecule has 0 radical (unpaired) electrons. The number of nitrogens with two attached hydrogens (primary N) is 1. The van der Waals surface area contributed by atoms with Gasteiger partial charge in [-0.1, -0.05) is 0 Å². The van der Waals surface area contributed by atoms with Gasteiger partial charge in [-0.2, -0.15) is 0 Å². The lowest BCUT2D eigenvalue weighted by Crippen LogP contribution is -2.36. The third-order valence-electron chi connectivity index (χ3n) is 2.46. The van der Waals surface area contributed by atoms with Gasteiger partial charge in [-0.05, 0) is 12.1 Å². The molecule has 0 saturated carbocycles. The number of halogens is 1. The van der Waals surface area contributed by atoms with Gasteiger partial charge >= 0.3 is 0 Å². The lowest BCUT2D eigenvalue weighted by atomic mass is 10.2. The van der Waals surface area contributed by atoms with Crippen molar-refractivity contribution in [3.05, 3.63) is 18.2 Å². The zero-order valence-electron chi connectivity index (χ0n) is 11.1. The second-order valence-electron chi connectivity index (χ2n) is 3.52. The highest BCUT2D eigenvalue weighted by Gasteiger charge is 2.17. The molecule has 108 valence electrons. The van der Waals surface area contributed by atoms with Gasteiger partial charge in [0.1, 0.15) is 17.6 Å². The molecule has 3 N–H and O–H groups in total. The zero-order chi connectivity index (χ0) is 13.5. The molecule has 1 rings (SSSR count). The first-order chi connectivity index (χ1) is 8.65. The fraction of sp³-hybridized carbons (Fsp3) is 0.417. The van der Waals surface area contributed by atoms with Gasteiger partial charge in [-0.3, -0.25) is 4.79 Å². The quantitative estimate of drug-likeness (QED) is 0.818. The molecule has 19 heavy (non-hydrogen) atoms. The lowest BCUT2D eigenvalue weighted by Gasteiger charge is -2.15. The van der Waals surface area contributed by atoms with Crippen molar-refractivity contribution in [1.29, 1.82) is 0 Å². The number of amides is 1. The van der Waals surface area contributed by atoms with E-state index in [1.807, 2.05) is 0 Å². The van der Waals surface area contributed by atoms with Gasteiger partial charge in [-0.15, -0.1) is 12.4 Å². The van der Waals surface area contributed by atoms with Crippen LogP contribution in [0.2, 0.25) is 0 Å². The van der Waals surface area contributed by atoms with E-state index in [9.17, 15) is 4.79 Å². The predicted octanol–water partition coefficient (Wildman–Crippen LogP) is 1.04. The van der Waals surface area contributed by atoms with Gasteiger partial charge in [0.25, 0.3) is 5.91 Å². The number of hydrogen-bond acceptors (Lipinski definition) is 5. The number of ether oxygens (including phenoxy) is 3. The smallest absolute Gasteiger partial charge is 0.254 e. The van der Waals surface area contributed by atoms with E-state index in [-0.39, 0.29) is 24.9 Å². The van der Waals surface area contributed by atoms with Crippen LogP contribution in [0.5, 0.6) is 11.5 Å². The van der Waals surface area contributed by atoms with Gasteiger partial charge in [0.05, 0.1) is 19.9 Å². The molecular weight excluding hydrogens is 272 g/mol. The molecule has 0 aromatic heterocycles. The lowest BCUT2D eigenvalue weighted by molar-refractivity contribution is -0.125. The molecule has 1 aromatic rings. The Morgan fingerprint density at radius 2 is 2.00 bits per heavy atom. The summed E-state index contributed by atoms with van der Waals surface area (Å²) in [5.41, 5.74) is 5.93. The van der Waals surface area contributed by atoms with Crippen molar-refractivity contribution in [3.8, 4) is 11.5 Å². The van der Waals surface area contributed by atoms with E-state index >= 15 is 0 Å². The summed E-state index contributed by atoms with van der Waals surface area (Å²) in [6.07, 6.45) is -0.694. The van der Waals surface area contributed by atoms with Crippen molar-refractivity contribution in [3.63, 3.8) is 0 Å². The van der Waals surface area contributed by atoms with Gasteiger partial charge in [0.2, 0.25) is 0 Å². The second kappa shape index (κ2) is 8.58. The minimum absolute atomic E-state index is 0. The molecule has 1 atom stereocenters. The molecule has 0 heterocycles. The van der Waals surface area contributed by atoms with Crippen LogP contribution in [-0.2, 0) is 9.53 Å². The fourth-order valence-electron chi connectivity index (χ4n) is 1.44. The summed E-state index contributed by atoms with van der Waals surface area (Å²) in [5.74, 6) is 0.829. The van der Waals surface area contributed by atoms with E-state index in [4.69, 9.17) is 19.9 Å². The van der Waals surface area contributed by atoms with Crippen molar-refractivity contribution in [2.75, 3.05) is 33.2 Å². The first-order valence-corrected chi connectivity index (χ1v) is 5.42. The molecule has 6 nitrogen and oxygen atoms in total. The van der Waals surface area contributed by atoms with Crippen LogP contribution < -0.4 is 20.5 Å². The third-order valence-corrected chi connectivity index (χ3v) is 2.46. The fourth-order valence-corrected chi connectivity index (χ4v) is 1.44. The van der Waals surface area contributed by atoms with Crippen LogP contribution in [0.1, 0.15) is 0 Å². The predicted molar refractivity (Wildman–Crippen MR) is 75.3 cm³/mol. The van der Waals surface area contributed by atoms with Crippen LogP contribution in [0, 0.1) is 0 Å². The average molecular weight is 291 g/mol. The number of carbonyl (C=O) groups is 1. The number of methoxy groups -OCH3 is 3. The molecule has 0 spiro atoms. The second-order valence-corrected chi connectivity index (χ2v) is 3.52. The normalized spacial score (nSPS) is 11.2. The molecule has 0 aliphatic carbocycles. The third kappa shape index (κ3) is 4.59. The van der Waals surface area contributed by atoms with Crippen LogP contribution in [-0.4, -0.2) is 39.9 Å². The van der Waals surface area contributed by atoms with Crippen LogP contribution in [0.4, 0.5) is 5.69 Å². The Hall–Kier alpha value is -1.50. The molecular formula is C12H19ClN2O4. The Labute approximate surface area is 118 Å². The summed E-state index contributed by atoms with van der Waals surface area (Å²) in [4.78, 5) is 11.8. The Morgan fingerprint density at radius 1 is 1.32 bits per heavy atom. The van der Waals surface area contributed by atoms with Gasteiger partial charge in [-0.25, -0.2) is 0 Å². The maximum atomic E-state index is 11.8. The Morgan fingerprint density at radius 3 is 2.47 bits per heavy atom. The van der Waals surface area contributed by atoms with Gasteiger partial charge in [0.15, 0.2) is 0 Å². The van der Waals surface area contributed by atoms with Crippen LogP contribution in [0.25, 0.3) is 0 Å². The Bertz CT molecular complexity index is 411. The van der Waals surface area contributed by atoms with E-state index in [0.29, 0.717) is 17.2 Å². The molecule has 1 aromatic carbocycles. The summed E-state index contributed by atoms with van der Waals surface area (Å²) >= 11 is 0. The van der Waals surface area contributed by atoms with E-state index < -0.39 is 6.10 Å². The van der Waals surface area contributed by atoms with E-state index in [1.165, 1.54) is 14.2 Å². The minimum atomic E-state index is -0.694. The van der Waals surface area contributed by atoms with E-state index in [2.05, 4.69) is 5.32 Å². The first-order valence-electron chi connectivity index (χ1n) is 5.42. The molecule has 1 unspecified atom stereocenters. The number of carbonyl (C=O) groups excluding carboxylic acids is 1. The number of anilines is 1. The zero-order valence-corrected chi connectivity index (χ0v) is 12.0. The number of rotatable bonds is 6. The molecule has 0 aliphatic heterocycles. The summed E-state index contributed by atoms with van der Waals surface area (Å²) < 4.78 is 15.2. The van der Waals surface area contributed by atoms with Crippen LogP contribution in [0.15, 0.2) is 18.2 Å². The van der Waals surface area contributed by atoms with E-state index in [1.54, 1.807) is 25.3 Å². The number of benzene rings is 1. The maximum absolute atomic E-state index is 11.8. The molecule has 1 amide bonds. The van der Waals surface area contributed by atoms with Crippen molar-refractivity contribution in [2.45, 2.75) is 6.10 Å².